The van der Waals surface area contributed by atoms with Crippen molar-refractivity contribution in [3.8, 4) is 0 Å². The van der Waals surface area contributed by atoms with Crippen LogP contribution in [0.2, 0.25) is 5.02 Å². The molecule has 8 heteroatoms. The number of hydrogen-bond donors (Lipinski definition) is 1. The van der Waals surface area contributed by atoms with Gasteiger partial charge in [0.1, 0.15) is 0 Å². The Balaban J connectivity index is 1.69. The number of benzene rings is 2. The Morgan fingerprint density at radius 3 is 2.59 bits per heavy atom. The fraction of sp³-hybridized carbons (Fsp3) is 0.333. The number of amides is 1. The molecule has 1 fully saturated rings. The van der Waals surface area contributed by atoms with E-state index in [2.05, 4.69) is 10.2 Å². The van der Waals surface area contributed by atoms with Crippen LogP contribution in [0.4, 0.5) is 11.4 Å². The van der Waals surface area contributed by atoms with E-state index in [-0.39, 0.29) is 18.3 Å². The largest absolute Gasteiger partial charge is 0.462 e. The van der Waals surface area contributed by atoms with Crippen molar-refractivity contribution in [2.75, 3.05) is 48.9 Å². The second kappa shape index (κ2) is 10.5. The van der Waals surface area contributed by atoms with Crippen LogP contribution < -0.4 is 10.2 Å². The quantitative estimate of drug-likeness (QED) is 0.523. The highest BCUT2D eigenvalue weighted by Gasteiger charge is 2.20. The van der Waals surface area contributed by atoms with Crippen molar-refractivity contribution in [1.29, 1.82) is 0 Å². The van der Waals surface area contributed by atoms with Crippen LogP contribution in [0.5, 0.6) is 0 Å². The summed E-state index contributed by atoms with van der Waals surface area (Å²) in [6.07, 6.45) is 0. The molecule has 2 aromatic rings. The summed E-state index contributed by atoms with van der Waals surface area (Å²) in [6.45, 7) is 4.69. The first kappa shape index (κ1) is 21.5. The Morgan fingerprint density at radius 2 is 1.90 bits per heavy atom. The van der Waals surface area contributed by atoms with Gasteiger partial charge < -0.3 is 19.7 Å². The van der Waals surface area contributed by atoms with Gasteiger partial charge in [-0.3, -0.25) is 4.79 Å². The van der Waals surface area contributed by atoms with Crippen molar-refractivity contribution >= 4 is 46.6 Å². The summed E-state index contributed by atoms with van der Waals surface area (Å²) in [5, 5.41) is 3.51. The molecule has 29 heavy (non-hydrogen) atoms. The van der Waals surface area contributed by atoms with E-state index in [0.717, 1.165) is 10.6 Å². The van der Waals surface area contributed by atoms with Gasteiger partial charge >= 0.3 is 5.97 Å². The van der Waals surface area contributed by atoms with Gasteiger partial charge in [-0.2, -0.15) is 0 Å². The molecule has 1 heterocycles. The van der Waals surface area contributed by atoms with Crippen LogP contribution in [-0.4, -0.2) is 50.5 Å². The van der Waals surface area contributed by atoms with Gasteiger partial charge in [0.05, 0.1) is 36.8 Å². The minimum Gasteiger partial charge on any atom is -0.462 e. The third-order valence-electron chi connectivity index (χ3n) is 4.31. The lowest BCUT2D eigenvalue weighted by atomic mass is 10.1. The molecule has 0 aliphatic carbocycles. The molecule has 0 bridgehead atoms. The molecule has 3 rings (SSSR count). The van der Waals surface area contributed by atoms with E-state index >= 15 is 0 Å². The highest BCUT2D eigenvalue weighted by atomic mass is 35.5. The maximum Gasteiger partial charge on any atom is 0.340 e. The highest BCUT2D eigenvalue weighted by Crippen LogP contribution is 2.27. The fourth-order valence-electron chi connectivity index (χ4n) is 2.94. The smallest absolute Gasteiger partial charge is 0.340 e. The zero-order chi connectivity index (χ0) is 20.6. The van der Waals surface area contributed by atoms with Gasteiger partial charge in [-0.25, -0.2) is 4.79 Å². The number of carbonyl (C=O) groups excluding carboxylic acids is 2. The molecule has 0 unspecified atom stereocenters. The molecule has 0 saturated carbocycles. The third-order valence-corrected chi connectivity index (χ3v) is 5.57. The average Bonchev–Trinajstić information content (AvgIpc) is 2.74. The molecule has 1 N–H and O–H groups in total. The van der Waals surface area contributed by atoms with Crippen LogP contribution in [0.1, 0.15) is 17.3 Å². The first-order chi connectivity index (χ1) is 14.1. The molecule has 0 spiro atoms. The number of halogens is 1. The maximum absolute atomic E-state index is 12.5. The number of hydrogen-bond acceptors (Lipinski definition) is 6. The monoisotopic (exact) mass is 434 g/mol. The summed E-state index contributed by atoms with van der Waals surface area (Å²) in [4.78, 5) is 27.9. The van der Waals surface area contributed by atoms with Crippen LogP contribution in [0.15, 0.2) is 47.4 Å². The van der Waals surface area contributed by atoms with Crippen LogP contribution >= 0.6 is 23.4 Å². The molecule has 1 amide bonds. The van der Waals surface area contributed by atoms with Gasteiger partial charge in [0.15, 0.2) is 0 Å². The van der Waals surface area contributed by atoms with Gasteiger partial charge in [-0.05, 0) is 49.4 Å². The third kappa shape index (κ3) is 6.13. The normalized spacial score (nSPS) is 13.8. The van der Waals surface area contributed by atoms with Crippen LogP contribution in [0.25, 0.3) is 0 Å². The summed E-state index contributed by atoms with van der Waals surface area (Å²) in [5.41, 5.74) is 1.80. The topological polar surface area (TPSA) is 67.9 Å². The van der Waals surface area contributed by atoms with Crippen molar-refractivity contribution in [3.05, 3.63) is 53.1 Å². The molecular weight excluding hydrogens is 412 g/mol. The Hall–Kier alpha value is -2.22. The van der Waals surface area contributed by atoms with Gasteiger partial charge in [-0.1, -0.05) is 11.6 Å². The zero-order valence-electron chi connectivity index (χ0n) is 16.2. The molecule has 0 radical (unpaired) electrons. The average molecular weight is 435 g/mol. The molecule has 1 saturated heterocycles. The minimum atomic E-state index is -0.402. The Kier molecular flexibility index (Phi) is 7.80. The second-order valence-corrected chi connectivity index (χ2v) is 7.83. The van der Waals surface area contributed by atoms with Crippen LogP contribution in [0, 0.1) is 0 Å². The molecule has 1 aliphatic rings. The molecule has 1 aliphatic heterocycles. The highest BCUT2D eigenvalue weighted by molar-refractivity contribution is 8.00. The summed E-state index contributed by atoms with van der Waals surface area (Å²) in [5.74, 6) is -0.304. The van der Waals surface area contributed by atoms with E-state index < -0.39 is 5.97 Å². The van der Waals surface area contributed by atoms with E-state index in [1.807, 2.05) is 18.2 Å². The first-order valence-corrected chi connectivity index (χ1v) is 10.7. The van der Waals surface area contributed by atoms with E-state index in [0.29, 0.717) is 42.6 Å². The molecule has 6 nitrogen and oxygen atoms in total. The molecule has 2 aromatic carbocycles. The number of nitrogens with zero attached hydrogens (tertiary/aromatic N) is 1. The van der Waals surface area contributed by atoms with Crippen LogP contribution in [0.3, 0.4) is 0 Å². The number of morpholine rings is 1. The number of ether oxygens (including phenoxy) is 2. The summed E-state index contributed by atoms with van der Waals surface area (Å²) < 4.78 is 10.6. The zero-order valence-corrected chi connectivity index (χ0v) is 17.7. The van der Waals surface area contributed by atoms with E-state index in [1.54, 1.807) is 31.2 Å². The van der Waals surface area contributed by atoms with E-state index in [1.165, 1.54) is 11.8 Å². The lowest BCUT2D eigenvalue weighted by molar-refractivity contribution is -0.113. The Morgan fingerprint density at radius 1 is 1.17 bits per heavy atom. The van der Waals surface area contributed by atoms with Crippen molar-refractivity contribution in [2.45, 2.75) is 11.8 Å². The van der Waals surface area contributed by atoms with Gasteiger partial charge in [0, 0.05) is 28.7 Å². The van der Waals surface area contributed by atoms with Crippen molar-refractivity contribution < 1.29 is 19.1 Å². The number of esters is 1. The van der Waals surface area contributed by atoms with Gasteiger partial charge in [0.2, 0.25) is 5.91 Å². The first-order valence-electron chi connectivity index (χ1n) is 9.39. The van der Waals surface area contributed by atoms with Crippen LogP contribution in [-0.2, 0) is 14.3 Å². The van der Waals surface area contributed by atoms with E-state index in [4.69, 9.17) is 21.1 Å². The van der Waals surface area contributed by atoms with Gasteiger partial charge in [0.25, 0.3) is 0 Å². The number of rotatable bonds is 7. The standard InChI is InChI=1S/C21H23ClN2O4S/c1-2-28-21(26)18-13-16(5-8-19(18)24-9-11-27-12-10-24)23-20(25)14-29-17-6-3-15(22)4-7-17/h3-8,13H,2,9-12,14H2,1H3,(H,23,25). The summed E-state index contributed by atoms with van der Waals surface area (Å²) in [7, 11) is 0. The Bertz CT molecular complexity index is 854. The lowest BCUT2D eigenvalue weighted by Gasteiger charge is -2.30. The summed E-state index contributed by atoms with van der Waals surface area (Å²) >= 11 is 7.29. The summed E-state index contributed by atoms with van der Waals surface area (Å²) in [6, 6.07) is 12.6. The molecule has 0 atom stereocenters. The number of carbonyl (C=O) groups is 2. The van der Waals surface area contributed by atoms with E-state index in [9.17, 15) is 9.59 Å². The fourth-order valence-corrected chi connectivity index (χ4v) is 3.77. The molecule has 0 aromatic heterocycles. The second-order valence-electron chi connectivity index (χ2n) is 6.34. The van der Waals surface area contributed by atoms with Crippen molar-refractivity contribution in [1.82, 2.24) is 0 Å². The Labute approximate surface area is 179 Å². The lowest BCUT2D eigenvalue weighted by Crippen LogP contribution is -2.37. The maximum atomic E-state index is 12.5. The molecular formula is C21H23ClN2O4S. The minimum absolute atomic E-state index is 0.154. The SMILES string of the molecule is CCOC(=O)c1cc(NC(=O)CSc2ccc(Cl)cc2)ccc1N1CCOCC1. The number of thioether (sulfide) groups is 1. The number of nitrogens with one attached hydrogen (secondary N) is 1. The van der Waals surface area contributed by atoms with Crippen molar-refractivity contribution in [3.63, 3.8) is 0 Å². The van der Waals surface area contributed by atoms with Crippen molar-refractivity contribution in [2.24, 2.45) is 0 Å². The molecule has 154 valence electrons. The predicted octanol–water partition coefficient (Wildman–Crippen LogP) is 4.08. The van der Waals surface area contributed by atoms with Gasteiger partial charge in [-0.15, -0.1) is 11.8 Å². The predicted molar refractivity (Wildman–Crippen MR) is 116 cm³/mol. The number of anilines is 2.